The van der Waals surface area contributed by atoms with E-state index in [4.69, 9.17) is 5.73 Å². The number of hydrogen-bond acceptors (Lipinski definition) is 3. The van der Waals surface area contributed by atoms with Crippen LogP contribution in [0.1, 0.15) is 43.2 Å². The van der Waals surface area contributed by atoms with Gasteiger partial charge in [-0.15, -0.1) is 0 Å². The van der Waals surface area contributed by atoms with Gasteiger partial charge in [-0.25, -0.2) is 0 Å². The highest BCUT2D eigenvalue weighted by Crippen LogP contribution is 2.19. The largest absolute Gasteiger partial charge is 0.390 e. The van der Waals surface area contributed by atoms with Gasteiger partial charge >= 0.3 is 0 Å². The van der Waals surface area contributed by atoms with Crippen molar-refractivity contribution in [2.24, 2.45) is 10.7 Å². The van der Waals surface area contributed by atoms with Crippen LogP contribution in [-0.4, -0.2) is 47.7 Å². The fourth-order valence-electron chi connectivity index (χ4n) is 3.77. The number of benzene rings is 1. The molecule has 132 valence electrons. The van der Waals surface area contributed by atoms with E-state index in [2.05, 4.69) is 39.5 Å². The SMILES string of the molecule is NC(=NCC(O)CN1CCc2ccccc2C1)NC1CCCCC1. The van der Waals surface area contributed by atoms with Crippen LogP contribution < -0.4 is 11.1 Å². The molecule has 1 heterocycles. The van der Waals surface area contributed by atoms with Crippen LogP contribution in [0.3, 0.4) is 0 Å². The molecule has 1 aliphatic heterocycles. The third kappa shape index (κ3) is 4.95. The van der Waals surface area contributed by atoms with Gasteiger partial charge in [-0.05, 0) is 30.4 Å². The summed E-state index contributed by atoms with van der Waals surface area (Å²) in [6.45, 7) is 2.92. The molecule has 0 radical (unpaired) electrons. The van der Waals surface area contributed by atoms with Gasteiger partial charge in [0.2, 0.25) is 0 Å². The van der Waals surface area contributed by atoms with E-state index in [1.165, 1.54) is 43.2 Å². The van der Waals surface area contributed by atoms with Gasteiger partial charge in [-0.3, -0.25) is 9.89 Å². The minimum Gasteiger partial charge on any atom is -0.390 e. The normalized spacial score (nSPS) is 21.3. The standard InChI is InChI=1S/C19H30N4O/c20-19(22-17-8-2-1-3-9-17)21-12-18(24)14-23-11-10-15-6-4-5-7-16(15)13-23/h4-7,17-18,24H,1-3,8-14H2,(H3,20,21,22). The van der Waals surface area contributed by atoms with E-state index in [0.29, 0.717) is 25.1 Å². The van der Waals surface area contributed by atoms with Crippen LogP contribution >= 0.6 is 0 Å². The zero-order valence-electron chi connectivity index (χ0n) is 14.5. The first kappa shape index (κ1) is 17.2. The molecule has 1 aliphatic carbocycles. The van der Waals surface area contributed by atoms with Crippen LogP contribution in [0.5, 0.6) is 0 Å². The second-order valence-corrected chi connectivity index (χ2v) is 7.11. The highest BCUT2D eigenvalue weighted by Gasteiger charge is 2.18. The molecule has 5 heteroatoms. The molecular formula is C19H30N4O. The van der Waals surface area contributed by atoms with Gasteiger partial charge < -0.3 is 16.2 Å². The quantitative estimate of drug-likeness (QED) is 0.567. The van der Waals surface area contributed by atoms with Crippen molar-refractivity contribution in [3.05, 3.63) is 35.4 Å². The number of aliphatic hydroxyl groups is 1. The van der Waals surface area contributed by atoms with E-state index < -0.39 is 6.10 Å². The summed E-state index contributed by atoms with van der Waals surface area (Å²) in [5.74, 6) is 0.477. The van der Waals surface area contributed by atoms with Crippen molar-refractivity contribution in [3.8, 4) is 0 Å². The predicted octanol–water partition coefficient (Wildman–Crippen LogP) is 1.64. The summed E-state index contributed by atoms with van der Waals surface area (Å²) in [6, 6.07) is 9.02. The molecule has 3 rings (SSSR count). The minimum absolute atomic E-state index is 0.365. The number of β-amino-alcohol motifs (C(OH)–C–C–N with tert-alkyl or cyclic N) is 1. The van der Waals surface area contributed by atoms with Crippen molar-refractivity contribution in [2.45, 2.75) is 57.2 Å². The van der Waals surface area contributed by atoms with Gasteiger partial charge in [0.1, 0.15) is 0 Å². The zero-order valence-corrected chi connectivity index (χ0v) is 14.5. The number of aliphatic imine (C=N–C) groups is 1. The molecule has 24 heavy (non-hydrogen) atoms. The van der Waals surface area contributed by atoms with Crippen molar-refractivity contribution in [2.75, 3.05) is 19.6 Å². The van der Waals surface area contributed by atoms with E-state index in [1.54, 1.807) is 0 Å². The fourth-order valence-corrected chi connectivity index (χ4v) is 3.77. The second kappa shape index (κ2) is 8.49. The highest BCUT2D eigenvalue weighted by molar-refractivity contribution is 5.78. The smallest absolute Gasteiger partial charge is 0.188 e. The van der Waals surface area contributed by atoms with Crippen LogP contribution in [-0.2, 0) is 13.0 Å². The molecule has 0 aromatic heterocycles. The van der Waals surface area contributed by atoms with Crippen LogP contribution in [0.2, 0.25) is 0 Å². The molecule has 1 saturated carbocycles. The van der Waals surface area contributed by atoms with E-state index >= 15 is 0 Å². The molecule has 0 saturated heterocycles. The molecule has 1 fully saturated rings. The summed E-state index contributed by atoms with van der Waals surface area (Å²) >= 11 is 0. The van der Waals surface area contributed by atoms with Gasteiger partial charge in [0, 0.05) is 25.7 Å². The number of aliphatic hydroxyl groups excluding tert-OH is 1. The van der Waals surface area contributed by atoms with Crippen LogP contribution in [0.25, 0.3) is 0 Å². The summed E-state index contributed by atoms with van der Waals surface area (Å²) in [5.41, 5.74) is 8.77. The maximum absolute atomic E-state index is 10.3. The molecule has 1 aromatic rings. The Balaban J connectivity index is 1.42. The Hall–Kier alpha value is -1.59. The summed E-state index contributed by atoms with van der Waals surface area (Å²) in [4.78, 5) is 6.63. The molecule has 2 aliphatic rings. The first-order valence-corrected chi connectivity index (χ1v) is 9.24. The number of guanidine groups is 1. The topological polar surface area (TPSA) is 73.9 Å². The van der Waals surface area contributed by atoms with E-state index in [-0.39, 0.29) is 0 Å². The Labute approximate surface area is 145 Å². The Morgan fingerprint density at radius 3 is 2.79 bits per heavy atom. The molecule has 1 aromatic carbocycles. The lowest BCUT2D eigenvalue weighted by Crippen LogP contribution is -2.42. The molecule has 0 spiro atoms. The molecule has 0 bridgehead atoms. The van der Waals surface area contributed by atoms with Crippen molar-refractivity contribution in [1.29, 1.82) is 0 Å². The Kier molecular flexibility index (Phi) is 6.10. The third-order valence-corrected chi connectivity index (χ3v) is 5.11. The van der Waals surface area contributed by atoms with Gasteiger partial charge in [0.05, 0.1) is 12.6 Å². The lowest BCUT2D eigenvalue weighted by atomic mass is 9.96. The van der Waals surface area contributed by atoms with Crippen LogP contribution in [0, 0.1) is 0 Å². The monoisotopic (exact) mass is 330 g/mol. The third-order valence-electron chi connectivity index (χ3n) is 5.11. The predicted molar refractivity (Wildman–Crippen MR) is 97.9 cm³/mol. The maximum Gasteiger partial charge on any atom is 0.188 e. The summed E-state index contributed by atoms with van der Waals surface area (Å²) in [5, 5.41) is 13.6. The molecule has 5 nitrogen and oxygen atoms in total. The lowest BCUT2D eigenvalue weighted by molar-refractivity contribution is 0.111. The van der Waals surface area contributed by atoms with Crippen LogP contribution in [0.4, 0.5) is 0 Å². The van der Waals surface area contributed by atoms with Gasteiger partial charge in [-0.1, -0.05) is 43.5 Å². The van der Waals surface area contributed by atoms with Gasteiger partial charge in [0.25, 0.3) is 0 Å². The van der Waals surface area contributed by atoms with Crippen molar-refractivity contribution in [3.63, 3.8) is 0 Å². The molecular weight excluding hydrogens is 300 g/mol. The van der Waals surface area contributed by atoms with Crippen molar-refractivity contribution < 1.29 is 5.11 Å². The summed E-state index contributed by atoms with van der Waals surface area (Å²) in [6.07, 6.45) is 6.79. The van der Waals surface area contributed by atoms with Crippen LogP contribution in [0.15, 0.2) is 29.3 Å². The average Bonchev–Trinajstić information content (AvgIpc) is 2.61. The number of fused-ring (bicyclic) bond motifs is 1. The van der Waals surface area contributed by atoms with E-state index in [0.717, 1.165) is 19.5 Å². The molecule has 0 amide bonds. The van der Waals surface area contributed by atoms with Gasteiger partial charge in [-0.2, -0.15) is 0 Å². The van der Waals surface area contributed by atoms with Gasteiger partial charge in [0.15, 0.2) is 5.96 Å². The van der Waals surface area contributed by atoms with E-state index in [1.807, 2.05) is 0 Å². The number of nitrogens with zero attached hydrogens (tertiary/aromatic N) is 2. The summed E-state index contributed by atoms with van der Waals surface area (Å²) < 4.78 is 0. The fraction of sp³-hybridized carbons (Fsp3) is 0.632. The maximum atomic E-state index is 10.3. The Bertz CT molecular complexity index is 554. The Morgan fingerprint density at radius 1 is 1.25 bits per heavy atom. The second-order valence-electron chi connectivity index (χ2n) is 7.11. The molecule has 1 atom stereocenters. The summed E-state index contributed by atoms with van der Waals surface area (Å²) in [7, 11) is 0. The number of nitrogens with one attached hydrogen (secondary N) is 1. The van der Waals surface area contributed by atoms with E-state index in [9.17, 15) is 5.11 Å². The number of hydrogen-bond donors (Lipinski definition) is 3. The zero-order chi connectivity index (χ0) is 16.8. The van der Waals surface area contributed by atoms with Crippen molar-refractivity contribution >= 4 is 5.96 Å². The highest BCUT2D eigenvalue weighted by atomic mass is 16.3. The lowest BCUT2D eigenvalue weighted by Gasteiger charge is -2.30. The minimum atomic E-state index is -0.470. The Morgan fingerprint density at radius 2 is 2.00 bits per heavy atom. The number of rotatable bonds is 5. The first-order chi connectivity index (χ1) is 11.7. The first-order valence-electron chi connectivity index (χ1n) is 9.24. The van der Waals surface area contributed by atoms with Crippen molar-refractivity contribution in [1.82, 2.24) is 10.2 Å². The number of nitrogens with two attached hydrogens (primary N) is 1. The average molecular weight is 330 g/mol. The molecule has 4 N–H and O–H groups in total. The molecule has 1 unspecified atom stereocenters.